The summed E-state index contributed by atoms with van der Waals surface area (Å²) >= 11 is 0. The van der Waals surface area contributed by atoms with Crippen LogP contribution < -0.4 is 22.2 Å². The zero-order chi connectivity index (χ0) is 31.6. The predicted octanol–water partition coefficient (Wildman–Crippen LogP) is 6.02. The van der Waals surface area contributed by atoms with Crippen LogP contribution in [0.15, 0.2) is 58.1 Å². The van der Waals surface area contributed by atoms with Crippen LogP contribution >= 0.6 is 0 Å². The molecule has 0 atom stereocenters. The van der Waals surface area contributed by atoms with Crippen molar-refractivity contribution in [2.75, 3.05) is 0 Å². The third kappa shape index (κ3) is 5.95. The second-order valence-corrected chi connectivity index (χ2v) is 15.1. The summed E-state index contributed by atoms with van der Waals surface area (Å²) in [4.78, 5) is 35.6. The number of benzene rings is 2. The maximum Gasteiger partial charge on any atom is 0.407 e. The van der Waals surface area contributed by atoms with Gasteiger partial charge in [-0.2, -0.15) is 10.2 Å². The summed E-state index contributed by atoms with van der Waals surface area (Å²) in [5.41, 5.74) is 8.04. The number of carbonyl (C=O) groups excluding carboxylic acids is 1. The average molecular weight is 627 g/mol. The van der Waals surface area contributed by atoms with Gasteiger partial charge in [0.15, 0.2) is 0 Å². The Morgan fingerprint density at radius 1 is 0.761 bits per heavy atom. The van der Waals surface area contributed by atoms with Crippen LogP contribution in [-0.2, 0) is 4.74 Å². The Balaban J connectivity index is 0.000000165. The number of nitrogens with zero attached hydrogens (tertiary/aromatic N) is 2. The predicted molar refractivity (Wildman–Crippen MR) is 180 cm³/mol. The number of hydrogen-bond donors (Lipinski definition) is 4. The molecule has 8 rings (SSSR count). The second kappa shape index (κ2) is 11.6. The quantitative estimate of drug-likeness (QED) is 0.217. The Hall–Kier alpha value is -4.05. The number of fused-ring (bicyclic) bond motifs is 2. The van der Waals surface area contributed by atoms with E-state index >= 15 is 0 Å². The minimum atomic E-state index is -0.468. The number of rotatable bonds is 3. The molecule has 0 radical (unpaired) electrons. The number of H-pyrrole nitrogens is 2. The van der Waals surface area contributed by atoms with Gasteiger partial charge >= 0.3 is 6.09 Å². The molecular formula is C36H46N6O4. The van der Waals surface area contributed by atoms with Crippen LogP contribution in [0.4, 0.5) is 4.79 Å². The monoisotopic (exact) mass is 626 g/mol. The molecule has 0 unspecified atom stereocenters. The molecule has 0 saturated heterocycles. The third-order valence-corrected chi connectivity index (χ3v) is 10.4. The van der Waals surface area contributed by atoms with Crippen LogP contribution in [0.2, 0.25) is 0 Å². The van der Waals surface area contributed by atoms with E-state index in [1.54, 1.807) is 0 Å². The summed E-state index contributed by atoms with van der Waals surface area (Å²) in [5.74, 6) is 0.855. The first-order valence-corrected chi connectivity index (χ1v) is 16.1. The van der Waals surface area contributed by atoms with Gasteiger partial charge in [0.05, 0.1) is 22.2 Å². The van der Waals surface area contributed by atoms with E-state index in [-0.39, 0.29) is 30.7 Å². The Labute approximate surface area is 268 Å². The van der Waals surface area contributed by atoms with E-state index in [1.807, 2.05) is 69.3 Å². The van der Waals surface area contributed by atoms with E-state index in [0.717, 1.165) is 66.1 Å². The van der Waals surface area contributed by atoms with Crippen LogP contribution in [0.3, 0.4) is 0 Å². The van der Waals surface area contributed by atoms with Gasteiger partial charge in [0.1, 0.15) is 5.60 Å². The molecule has 5 N–H and O–H groups in total. The van der Waals surface area contributed by atoms with Crippen molar-refractivity contribution in [1.29, 1.82) is 0 Å². The minimum Gasteiger partial charge on any atom is -0.444 e. The van der Waals surface area contributed by atoms with Crippen molar-refractivity contribution in [3.05, 3.63) is 80.6 Å². The minimum absolute atomic E-state index is 0. The van der Waals surface area contributed by atoms with Crippen LogP contribution in [0.5, 0.6) is 0 Å². The topological polar surface area (TPSA) is 156 Å². The lowest BCUT2D eigenvalue weighted by Gasteiger charge is -2.57. The van der Waals surface area contributed by atoms with Gasteiger partial charge in [0, 0.05) is 34.7 Å². The highest BCUT2D eigenvalue weighted by atomic mass is 16.6. The van der Waals surface area contributed by atoms with Gasteiger partial charge in [-0.25, -0.2) is 15.0 Å². The van der Waals surface area contributed by atoms with Gasteiger partial charge in [0.25, 0.3) is 11.1 Å². The normalized spacial score (nSPS) is 29.3. The first-order valence-electron chi connectivity index (χ1n) is 16.1. The first-order chi connectivity index (χ1) is 21.4. The summed E-state index contributed by atoms with van der Waals surface area (Å²) in [5, 5.41) is 20.3. The maximum absolute atomic E-state index is 11.9. The number of carbonyl (C=O) groups is 1. The van der Waals surface area contributed by atoms with Crippen molar-refractivity contribution in [3.63, 3.8) is 0 Å². The number of nitrogens with two attached hydrogens (primary N) is 1. The van der Waals surface area contributed by atoms with E-state index in [2.05, 4.69) is 25.7 Å². The highest BCUT2D eigenvalue weighted by Crippen LogP contribution is 2.62. The standard InChI is InChI=1S/C20H25N3O3.C15H17N3O.CH4/c1-19(2,3)26-18(25)21-13-10-20(11-13)8-12(9-20)16-14-6-4-5-7-15(14)17(24)23-22-16;16-10-7-15(8-10)5-9(6-15)13-11-3-1-2-4-12(11)14(19)18-17-13;/h4-7,12-13H,8-11H2,1-3H3,(H,21,25)(H,23,24);1-4,9-10H,5-8,16H2,(H,18,19);1H4. The van der Waals surface area contributed by atoms with E-state index in [0.29, 0.717) is 34.1 Å². The van der Waals surface area contributed by atoms with Crippen LogP contribution in [0, 0.1) is 10.8 Å². The Morgan fingerprint density at radius 2 is 1.17 bits per heavy atom. The van der Waals surface area contributed by atoms with Crippen molar-refractivity contribution in [2.45, 2.75) is 109 Å². The smallest absolute Gasteiger partial charge is 0.407 e. The fourth-order valence-electron chi connectivity index (χ4n) is 8.53. The van der Waals surface area contributed by atoms with Crippen molar-refractivity contribution >= 4 is 27.6 Å². The molecule has 46 heavy (non-hydrogen) atoms. The number of aromatic amines is 2. The maximum atomic E-state index is 11.9. The molecular weight excluding hydrogens is 580 g/mol. The summed E-state index contributed by atoms with van der Waals surface area (Å²) in [6.07, 6.45) is 8.42. The van der Waals surface area contributed by atoms with E-state index < -0.39 is 5.60 Å². The number of amides is 1. The van der Waals surface area contributed by atoms with Crippen LogP contribution in [-0.4, -0.2) is 44.2 Å². The fourth-order valence-corrected chi connectivity index (χ4v) is 8.53. The van der Waals surface area contributed by atoms with E-state index in [1.165, 1.54) is 12.8 Å². The summed E-state index contributed by atoms with van der Waals surface area (Å²) in [6, 6.07) is 16.0. The lowest BCUT2D eigenvalue weighted by Crippen LogP contribution is -2.56. The number of aromatic nitrogens is 4. The number of ether oxygens (including phenoxy) is 1. The Morgan fingerprint density at radius 3 is 1.59 bits per heavy atom. The molecule has 4 saturated carbocycles. The summed E-state index contributed by atoms with van der Waals surface area (Å²) in [7, 11) is 0. The molecule has 4 aliphatic carbocycles. The van der Waals surface area contributed by atoms with Gasteiger partial charge in [-0.15, -0.1) is 0 Å². The molecule has 2 heterocycles. The molecule has 0 aliphatic heterocycles. The lowest BCUT2D eigenvalue weighted by atomic mass is 9.49. The number of alkyl carbamates (subject to hydrolysis) is 1. The molecule has 10 heteroatoms. The van der Waals surface area contributed by atoms with Crippen molar-refractivity contribution in [1.82, 2.24) is 25.7 Å². The molecule has 2 aromatic carbocycles. The highest BCUT2D eigenvalue weighted by Gasteiger charge is 2.54. The molecule has 0 bridgehead atoms. The third-order valence-electron chi connectivity index (χ3n) is 10.4. The van der Waals surface area contributed by atoms with Gasteiger partial charge in [0.2, 0.25) is 0 Å². The zero-order valence-corrected chi connectivity index (χ0v) is 26.2. The highest BCUT2D eigenvalue weighted by molar-refractivity contribution is 5.84. The van der Waals surface area contributed by atoms with E-state index in [4.69, 9.17) is 10.5 Å². The van der Waals surface area contributed by atoms with Crippen LogP contribution in [0.25, 0.3) is 21.5 Å². The molecule has 1 amide bonds. The van der Waals surface area contributed by atoms with Gasteiger partial charge < -0.3 is 15.8 Å². The molecule has 244 valence electrons. The summed E-state index contributed by atoms with van der Waals surface area (Å²) in [6.45, 7) is 5.60. The van der Waals surface area contributed by atoms with E-state index in [9.17, 15) is 14.4 Å². The average Bonchev–Trinajstić information content (AvgIpc) is 2.91. The molecule has 4 fully saturated rings. The van der Waals surface area contributed by atoms with Crippen molar-refractivity contribution < 1.29 is 9.53 Å². The zero-order valence-electron chi connectivity index (χ0n) is 26.2. The molecule has 4 aromatic rings. The molecule has 2 spiro atoms. The summed E-state index contributed by atoms with van der Waals surface area (Å²) < 4.78 is 5.32. The van der Waals surface area contributed by atoms with Gasteiger partial charge in [-0.1, -0.05) is 43.8 Å². The Bertz CT molecular complexity index is 1860. The molecule has 4 aliphatic rings. The van der Waals surface area contributed by atoms with Gasteiger partial charge in [-0.3, -0.25) is 9.59 Å². The number of hydrogen-bond acceptors (Lipinski definition) is 7. The second-order valence-electron chi connectivity index (χ2n) is 15.1. The molecule has 2 aromatic heterocycles. The number of nitrogens with one attached hydrogen (secondary N) is 3. The first kappa shape index (κ1) is 31.9. The lowest BCUT2D eigenvalue weighted by molar-refractivity contribution is -0.0261. The SMILES string of the molecule is C.CC(C)(C)OC(=O)NC1CC2(C1)CC(c1n[nH]c(=O)c3ccccc13)C2.NC1CC2(C1)CC(c1n[nH]c(=O)c3ccccc13)C2. The molecule has 10 nitrogen and oxygen atoms in total. The van der Waals surface area contributed by atoms with Gasteiger partial charge in [-0.05, 0) is 95.1 Å². The van der Waals surface area contributed by atoms with Crippen molar-refractivity contribution in [2.24, 2.45) is 16.6 Å². The van der Waals surface area contributed by atoms with Crippen molar-refractivity contribution in [3.8, 4) is 0 Å². The van der Waals surface area contributed by atoms with Crippen LogP contribution in [0.1, 0.15) is 103 Å². The fraction of sp³-hybridized carbons (Fsp3) is 0.528. The largest absolute Gasteiger partial charge is 0.444 e. The Kier molecular flexibility index (Phi) is 8.07.